The van der Waals surface area contributed by atoms with E-state index in [-0.39, 0.29) is 184 Å². The second-order valence-electron chi connectivity index (χ2n) is 24.3. The van der Waals surface area contributed by atoms with Gasteiger partial charge in [0.05, 0.1) is 160 Å². The Morgan fingerprint density at radius 1 is 0.412 bits per heavy atom. The maximum absolute atomic E-state index is 13.1. The number of hydrogen-bond donors (Lipinski definition) is 0. The predicted molar refractivity (Wildman–Crippen MR) is 326 cm³/mol. The fraction of sp³-hybridized carbons (Fsp3) is 0.667. The molecule has 6 saturated heterocycles. The molecule has 554 valence electrons. The minimum Gasteiger partial charge on any atom is -0.569 e. The van der Waals surface area contributed by atoms with Crippen molar-refractivity contribution in [2.45, 2.75) is 65.2 Å². The minimum atomic E-state index is -0.892. The molecule has 102 heavy (non-hydrogen) atoms. The van der Waals surface area contributed by atoms with Crippen LogP contribution < -0.4 is 0 Å². The fourth-order valence-corrected chi connectivity index (χ4v) is 11.8. The molecule has 0 atom stereocenters. The number of hydrogen-bond acceptors (Lipinski definition) is 32. The van der Waals surface area contributed by atoms with Crippen molar-refractivity contribution in [1.29, 1.82) is 0 Å². The molecule has 6 aliphatic rings. The number of rotatable bonds is 26. The molecule has 48 nitrogen and oxygen atoms in total. The highest BCUT2D eigenvalue weighted by atomic mass is 16.7. The highest BCUT2D eigenvalue weighted by Gasteiger charge is 2.43. The minimum absolute atomic E-state index is 0.0855. The predicted octanol–water partition coefficient (Wildman–Crippen LogP) is -0.311. The van der Waals surface area contributed by atoms with Crippen LogP contribution in [0.15, 0.2) is 70.2 Å². The number of hydrazine groups is 4. The van der Waals surface area contributed by atoms with Gasteiger partial charge in [-0.2, -0.15) is 0 Å². The van der Waals surface area contributed by atoms with E-state index in [1.165, 1.54) is 68.1 Å². The molecule has 4 aromatic heterocycles. The second kappa shape index (κ2) is 33.7. The van der Waals surface area contributed by atoms with Gasteiger partial charge in [-0.1, -0.05) is 39.1 Å². The molecule has 0 spiro atoms. The van der Waals surface area contributed by atoms with Crippen LogP contribution in [0.25, 0.3) is 0 Å². The summed E-state index contributed by atoms with van der Waals surface area (Å²) in [5, 5.41) is 102. The molecule has 4 amide bonds. The zero-order valence-corrected chi connectivity index (χ0v) is 56.3. The molecule has 5 aromatic rings. The Labute approximate surface area is 579 Å². The summed E-state index contributed by atoms with van der Waals surface area (Å²) < 4.78 is 55.1. The van der Waals surface area contributed by atoms with Crippen LogP contribution in [0, 0.1) is 31.7 Å². The molecule has 0 N–H and O–H groups in total. The third-order valence-corrected chi connectivity index (χ3v) is 17.0. The van der Waals surface area contributed by atoms with Gasteiger partial charge in [-0.3, -0.25) is 18.7 Å². The van der Waals surface area contributed by atoms with Crippen molar-refractivity contribution in [2.75, 3.05) is 160 Å². The van der Waals surface area contributed by atoms with Crippen molar-refractivity contribution in [1.82, 2.24) is 99.6 Å². The van der Waals surface area contributed by atoms with Crippen LogP contribution in [-0.2, 0) is 110 Å². The third-order valence-electron chi connectivity index (χ3n) is 17.0. The number of amides is 4. The third kappa shape index (κ3) is 18.8. The zero-order chi connectivity index (χ0) is 71.6. The van der Waals surface area contributed by atoms with Crippen LogP contribution in [0.4, 0.5) is 19.2 Å². The van der Waals surface area contributed by atoms with Crippen molar-refractivity contribution in [2.24, 2.45) is 31.9 Å². The molecule has 0 bridgehead atoms. The molecule has 6 aliphatic heterocycles. The van der Waals surface area contributed by atoms with Crippen molar-refractivity contribution < 1.29 is 96.3 Å². The van der Waals surface area contributed by atoms with Crippen molar-refractivity contribution in [3.8, 4) is 0 Å². The Morgan fingerprint density at radius 2 is 0.647 bits per heavy atom. The van der Waals surface area contributed by atoms with Crippen LogP contribution in [-0.4, -0.2) is 303 Å². The van der Waals surface area contributed by atoms with Gasteiger partial charge >= 0.3 is 24.4 Å². The largest absolute Gasteiger partial charge is 0.569 e. The second-order valence-corrected chi connectivity index (χ2v) is 24.3. The highest BCUT2D eigenvalue weighted by molar-refractivity contribution is 5.69. The number of aromatic nitrogens is 12. The van der Waals surface area contributed by atoms with Crippen molar-refractivity contribution >= 4 is 24.4 Å². The molecular formula is C54H78N28O20. The number of ether oxygens (including phenoxy) is 8. The quantitative estimate of drug-likeness (QED) is 0.0296. The Balaban J connectivity index is 0.736. The van der Waals surface area contributed by atoms with Gasteiger partial charge in [-0.05, 0) is 6.07 Å². The summed E-state index contributed by atoms with van der Waals surface area (Å²) in [6.07, 6.45) is 2.39. The molecule has 0 unspecified atom stereocenters. The van der Waals surface area contributed by atoms with Gasteiger partial charge in [0.15, 0.2) is 12.6 Å². The summed E-state index contributed by atoms with van der Waals surface area (Å²) >= 11 is 0. The van der Waals surface area contributed by atoms with E-state index in [1.54, 1.807) is 43.5 Å². The van der Waals surface area contributed by atoms with E-state index in [4.69, 9.17) is 37.9 Å². The Kier molecular flexibility index (Phi) is 23.8. The Bertz CT molecular complexity index is 3280. The lowest BCUT2D eigenvalue weighted by Gasteiger charge is -2.40. The van der Waals surface area contributed by atoms with Crippen LogP contribution >= 0.6 is 0 Å². The summed E-state index contributed by atoms with van der Waals surface area (Å²) in [4.78, 5) is 77.8. The molecule has 11 rings (SSSR count). The van der Waals surface area contributed by atoms with Gasteiger partial charge in [0.2, 0.25) is 21.1 Å². The summed E-state index contributed by atoms with van der Waals surface area (Å²) in [7, 11) is 5.04. The van der Waals surface area contributed by atoms with E-state index < -0.39 is 47.8 Å². The first-order chi connectivity index (χ1) is 49.5. The van der Waals surface area contributed by atoms with Crippen molar-refractivity contribution in [3.63, 3.8) is 0 Å². The van der Waals surface area contributed by atoms with Gasteiger partial charge in [0, 0.05) is 63.5 Å². The van der Waals surface area contributed by atoms with E-state index in [2.05, 4.69) is 81.7 Å². The van der Waals surface area contributed by atoms with Crippen molar-refractivity contribution in [3.05, 3.63) is 104 Å². The Morgan fingerprint density at radius 3 is 0.873 bits per heavy atom. The number of carbonyl (C=O) groups is 4. The summed E-state index contributed by atoms with van der Waals surface area (Å²) in [5.41, 5.74) is 0.905. The normalized spacial score (nSPS) is 20.5. The molecule has 0 saturated carbocycles. The first-order valence-corrected chi connectivity index (χ1v) is 32.1. The fourth-order valence-electron chi connectivity index (χ4n) is 11.8. The van der Waals surface area contributed by atoms with E-state index in [0.717, 1.165) is 0 Å². The summed E-state index contributed by atoms with van der Waals surface area (Å²) in [6.45, 7) is 3.52. The topological polar surface area (TPSA) is 482 Å². The van der Waals surface area contributed by atoms with Crippen LogP contribution in [0.5, 0.6) is 0 Å². The molecule has 1 aromatic carbocycles. The molecule has 10 heterocycles. The summed E-state index contributed by atoms with van der Waals surface area (Å²) in [6, 6.07) is 7.38. The van der Waals surface area contributed by atoms with E-state index in [0.29, 0.717) is 53.8 Å². The van der Waals surface area contributed by atoms with Crippen LogP contribution in [0.3, 0.4) is 0 Å². The molecule has 0 radical (unpaired) electrons. The average Bonchev–Trinajstić information content (AvgIpc) is 1.23. The monoisotopic (exact) mass is 1440 g/mol. The zero-order valence-electron chi connectivity index (χ0n) is 56.3. The van der Waals surface area contributed by atoms with E-state index in [9.17, 15) is 40.0 Å². The highest BCUT2D eigenvalue weighted by Crippen LogP contribution is 2.38. The maximum atomic E-state index is 13.1. The Hall–Kier alpha value is -11.3. The van der Waals surface area contributed by atoms with Gasteiger partial charge < -0.3 is 97.7 Å². The standard InChI is InChI=1S/C54H78N28O20/c1-91-63-79(87)75-16-8-67(9-17-75)49(83)95-29-43-25-71(59-55-43)33-53(34-72-26-44(56-60-72)30-96-50(84)68-10-18-76(19-11-68)80(88)64-92-2)37-99-47(100-38-53)41-6-5-7-42(24-41)48-101-39-54(40-102-48,35-73-27-45(57-61-73)31-97-51(85)69-12-20-77(21-13-69)81(89)65-93-3)36-74-28-46(58-62-74)32-98-52(86)70-14-22-78(23-15-70)82(90)66-94-4/h5-7,24-28,47-48H,8-23,29-40H2,1-4H3/b79-63-,80-64-,81-65-,82-66-. The van der Waals surface area contributed by atoms with Crippen LogP contribution in [0.2, 0.25) is 0 Å². The number of benzene rings is 1. The molecule has 48 heteroatoms. The molecule has 6 fully saturated rings. The molecule has 0 aliphatic carbocycles. The average molecular weight is 1440 g/mol. The maximum Gasteiger partial charge on any atom is 0.410 e. The number of carbonyl (C=O) groups excluding carboxylic acids is 4. The lowest BCUT2D eigenvalue weighted by Crippen LogP contribution is -2.50. The van der Waals surface area contributed by atoms with Gasteiger partial charge in [-0.25, -0.2) is 19.2 Å². The van der Waals surface area contributed by atoms with Gasteiger partial charge in [0.1, 0.15) is 77.6 Å². The smallest absolute Gasteiger partial charge is 0.410 e. The first kappa shape index (κ1) is 72.0. The van der Waals surface area contributed by atoms with Gasteiger partial charge in [-0.15, -0.1) is 40.4 Å². The van der Waals surface area contributed by atoms with Gasteiger partial charge in [0.25, 0.3) is 0 Å². The van der Waals surface area contributed by atoms with E-state index in [1.807, 2.05) is 24.3 Å². The SMILES string of the molecule is CO/N=[N+](\[O-])N1CCN(C(=O)OCc2cn(CC3(Cn4cc(COC(=O)N5CCN(/[N+]([O-])=N/OC)CC5)nn4)COC(c4cccc(C5OCC(Cn6cc(COC(=O)N7CCN(/[N+]([O-])=N/OC)CC7)nn6)(Cn6cc(COC(=O)N7CCN(/[N+]([O-])=N/OC)CC7)nn6)CO5)c4)OC3)nn2)CC1. The van der Waals surface area contributed by atoms with E-state index >= 15 is 0 Å². The lowest BCUT2D eigenvalue weighted by atomic mass is 9.88. The number of nitrogens with zero attached hydrogens (tertiary/aromatic N) is 28. The lowest BCUT2D eigenvalue weighted by molar-refractivity contribution is -0.712. The van der Waals surface area contributed by atoms with Crippen LogP contribution in [0.1, 0.15) is 46.5 Å². The first-order valence-electron chi connectivity index (χ1n) is 32.1. The number of piperazine rings is 4. The summed E-state index contributed by atoms with van der Waals surface area (Å²) in [5.74, 6) is 0. The molecular weight excluding hydrogens is 1360 g/mol.